The van der Waals surface area contributed by atoms with E-state index in [9.17, 15) is 9.00 Å². The van der Waals surface area contributed by atoms with Crippen LogP contribution in [-0.2, 0) is 15.6 Å². The van der Waals surface area contributed by atoms with Crippen molar-refractivity contribution in [1.29, 1.82) is 0 Å². The van der Waals surface area contributed by atoms with E-state index in [-0.39, 0.29) is 17.2 Å². The number of carbonyl (C=O) groups is 1. The molecule has 0 radical (unpaired) electrons. The summed E-state index contributed by atoms with van der Waals surface area (Å²) in [7, 11) is 1.22. The largest absolute Gasteiger partial charge is 0.342 e. The molecule has 0 unspecified atom stereocenters. The minimum atomic E-state index is -0.678. The third-order valence-electron chi connectivity index (χ3n) is 3.92. The lowest BCUT2D eigenvalue weighted by molar-refractivity contribution is -0.131. The lowest BCUT2D eigenvalue weighted by Crippen LogP contribution is -2.44. The summed E-state index contributed by atoms with van der Waals surface area (Å²) in [5, 5.41) is -0.0372. The van der Waals surface area contributed by atoms with Crippen LogP contribution in [0.4, 0.5) is 0 Å². The van der Waals surface area contributed by atoms with Crippen molar-refractivity contribution >= 4 is 28.5 Å². The van der Waals surface area contributed by atoms with Gasteiger partial charge in [0.25, 0.3) is 0 Å². The smallest absolute Gasteiger partial charge is 0.236 e. The van der Waals surface area contributed by atoms with Gasteiger partial charge in [-0.05, 0) is 31.4 Å². The first-order chi connectivity index (χ1) is 10.1. The molecular weight excluding hydrogens is 302 g/mol. The van der Waals surface area contributed by atoms with Crippen LogP contribution in [0.25, 0.3) is 0 Å². The van der Waals surface area contributed by atoms with E-state index in [1.165, 1.54) is 0 Å². The van der Waals surface area contributed by atoms with Gasteiger partial charge in [-0.25, -0.2) is 0 Å². The molecule has 1 aliphatic rings. The molecule has 1 saturated heterocycles. The summed E-state index contributed by atoms with van der Waals surface area (Å²) in [5.41, 5.74) is 0. The molecule has 0 aromatic heterocycles. The van der Waals surface area contributed by atoms with Crippen LogP contribution < -0.4 is 0 Å². The van der Waals surface area contributed by atoms with Gasteiger partial charge in [-0.15, -0.1) is 11.8 Å². The van der Waals surface area contributed by atoms with E-state index in [1.807, 2.05) is 42.3 Å². The first kappa shape index (κ1) is 16.6. The van der Waals surface area contributed by atoms with E-state index in [0.29, 0.717) is 0 Å². The molecule has 1 fully saturated rings. The van der Waals surface area contributed by atoms with Gasteiger partial charge in [0, 0.05) is 40.3 Å². The van der Waals surface area contributed by atoms with Crippen molar-refractivity contribution < 1.29 is 9.00 Å². The predicted molar refractivity (Wildman–Crippen MR) is 90.0 cm³/mol. The molecule has 5 heteroatoms. The highest BCUT2D eigenvalue weighted by atomic mass is 32.2. The normalized spacial score (nSPS) is 23.5. The Hall–Kier alpha value is -0.810. The molecule has 3 nitrogen and oxygen atoms in total. The van der Waals surface area contributed by atoms with Crippen LogP contribution in [0.2, 0.25) is 0 Å². The highest BCUT2D eigenvalue weighted by Gasteiger charge is 2.29. The summed E-state index contributed by atoms with van der Waals surface area (Å²) < 4.78 is 11.4. The van der Waals surface area contributed by atoms with Crippen LogP contribution in [0.3, 0.4) is 0 Å². The van der Waals surface area contributed by atoms with Gasteiger partial charge < -0.3 is 4.90 Å². The highest BCUT2D eigenvalue weighted by molar-refractivity contribution is 8.00. The van der Waals surface area contributed by atoms with E-state index in [2.05, 4.69) is 6.92 Å². The van der Waals surface area contributed by atoms with Crippen LogP contribution >= 0.6 is 11.8 Å². The summed E-state index contributed by atoms with van der Waals surface area (Å²) in [6.45, 7) is 2.06. The Kier molecular flexibility index (Phi) is 6.30. The van der Waals surface area contributed by atoms with Crippen LogP contribution in [0, 0.1) is 0 Å². The molecule has 0 spiro atoms. The zero-order valence-electron chi connectivity index (χ0n) is 12.7. The summed E-state index contributed by atoms with van der Waals surface area (Å²) >= 11 is 1.64. The van der Waals surface area contributed by atoms with Gasteiger partial charge in [0.15, 0.2) is 0 Å². The number of carbonyl (C=O) groups excluding carboxylic acids is 1. The number of thioether (sulfide) groups is 1. The molecule has 1 amide bonds. The average molecular weight is 325 g/mol. The van der Waals surface area contributed by atoms with Gasteiger partial charge in [0.05, 0.1) is 5.25 Å². The minimum absolute atomic E-state index is 0.0372. The molecule has 21 heavy (non-hydrogen) atoms. The molecule has 1 heterocycles. The molecule has 0 bridgehead atoms. The Morgan fingerprint density at radius 1 is 1.33 bits per heavy atom. The zero-order chi connectivity index (χ0) is 15.2. The first-order valence-electron chi connectivity index (χ1n) is 7.45. The first-order valence-corrected chi connectivity index (χ1v) is 9.82. The van der Waals surface area contributed by atoms with Crippen LogP contribution in [0.1, 0.15) is 26.2 Å². The Morgan fingerprint density at radius 2 is 1.95 bits per heavy atom. The quantitative estimate of drug-likeness (QED) is 0.781. The molecule has 1 atom stereocenters. The van der Waals surface area contributed by atoms with E-state index in [4.69, 9.17) is 0 Å². The summed E-state index contributed by atoms with van der Waals surface area (Å²) in [4.78, 5) is 15.7. The molecule has 1 aliphatic heterocycles. The van der Waals surface area contributed by atoms with Crippen LogP contribution in [-0.4, -0.2) is 44.9 Å². The molecule has 0 N–H and O–H groups in total. The molecule has 1 aromatic carbocycles. The molecular formula is C16H23NO2S2. The van der Waals surface area contributed by atoms with E-state index < -0.39 is 10.8 Å². The van der Waals surface area contributed by atoms with Crippen LogP contribution in [0.5, 0.6) is 0 Å². The van der Waals surface area contributed by atoms with E-state index in [1.54, 1.807) is 11.8 Å². The number of rotatable bonds is 5. The van der Waals surface area contributed by atoms with Crippen molar-refractivity contribution in [2.24, 2.45) is 0 Å². The van der Waals surface area contributed by atoms with Crippen molar-refractivity contribution in [3.63, 3.8) is 0 Å². The zero-order valence-corrected chi connectivity index (χ0v) is 14.3. The standard InChI is InChI=1S/C16H23NO2S2/c1-3-15(20-14-7-5-4-6-8-14)16(18)17(2)13-9-11-21(19)12-10-13/h4-8,13,15H,3,9-12H2,1-2H3/t13?,15-,21?/m0/s1. The fourth-order valence-corrected chi connectivity index (χ4v) is 4.90. The van der Waals surface area contributed by atoms with Gasteiger partial charge in [-0.1, -0.05) is 25.1 Å². The van der Waals surface area contributed by atoms with Gasteiger partial charge in [-0.3, -0.25) is 9.00 Å². The maximum absolute atomic E-state index is 12.7. The lowest BCUT2D eigenvalue weighted by atomic mass is 10.1. The third kappa shape index (κ3) is 4.58. The fourth-order valence-electron chi connectivity index (χ4n) is 2.55. The Bertz CT molecular complexity index is 482. The predicted octanol–water partition coefficient (Wildman–Crippen LogP) is 2.93. The summed E-state index contributed by atoms with van der Waals surface area (Å²) in [6.07, 6.45) is 2.55. The molecule has 116 valence electrons. The SMILES string of the molecule is CC[C@H](Sc1ccccc1)C(=O)N(C)C1CCS(=O)CC1. The number of amides is 1. The second kappa shape index (κ2) is 7.99. The van der Waals surface area contributed by atoms with Gasteiger partial charge >= 0.3 is 0 Å². The van der Waals surface area contributed by atoms with Gasteiger partial charge in [0.2, 0.25) is 5.91 Å². The van der Waals surface area contributed by atoms with Crippen molar-refractivity contribution in [2.45, 2.75) is 42.4 Å². The van der Waals surface area contributed by atoms with Gasteiger partial charge in [0.1, 0.15) is 0 Å². The Labute approximate surface area is 133 Å². The molecule has 2 rings (SSSR count). The van der Waals surface area contributed by atoms with Gasteiger partial charge in [-0.2, -0.15) is 0 Å². The minimum Gasteiger partial charge on any atom is -0.342 e. The van der Waals surface area contributed by atoms with Crippen molar-refractivity contribution in [1.82, 2.24) is 4.90 Å². The lowest BCUT2D eigenvalue weighted by Gasteiger charge is -2.33. The van der Waals surface area contributed by atoms with Crippen molar-refractivity contribution in [3.05, 3.63) is 30.3 Å². The van der Waals surface area contributed by atoms with Crippen LogP contribution in [0.15, 0.2) is 35.2 Å². The summed E-state index contributed by atoms with van der Waals surface area (Å²) in [6, 6.07) is 10.3. The monoisotopic (exact) mass is 325 g/mol. The maximum atomic E-state index is 12.7. The number of hydrogen-bond donors (Lipinski definition) is 0. The number of hydrogen-bond acceptors (Lipinski definition) is 3. The second-order valence-electron chi connectivity index (χ2n) is 5.36. The maximum Gasteiger partial charge on any atom is 0.236 e. The summed E-state index contributed by atoms with van der Waals surface area (Å²) in [5.74, 6) is 1.65. The number of benzene rings is 1. The fraction of sp³-hybridized carbons (Fsp3) is 0.562. The van der Waals surface area contributed by atoms with E-state index in [0.717, 1.165) is 35.7 Å². The van der Waals surface area contributed by atoms with Crippen molar-refractivity contribution in [2.75, 3.05) is 18.6 Å². The topological polar surface area (TPSA) is 37.4 Å². The Morgan fingerprint density at radius 3 is 2.52 bits per heavy atom. The molecule has 0 aliphatic carbocycles. The average Bonchev–Trinajstić information content (AvgIpc) is 2.53. The number of nitrogens with zero attached hydrogens (tertiary/aromatic N) is 1. The van der Waals surface area contributed by atoms with Crippen molar-refractivity contribution in [3.8, 4) is 0 Å². The third-order valence-corrected chi connectivity index (χ3v) is 6.67. The molecule has 0 saturated carbocycles. The molecule has 1 aromatic rings. The second-order valence-corrected chi connectivity index (χ2v) is 8.33. The Balaban J connectivity index is 1.97. The van der Waals surface area contributed by atoms with E-state index >= 15 is 0 Å². The highest BCUT2D eigenvalue weighted by Crippen LogP contribution is 2.27.